The molecule has 0 fully saturated rings. The van der Waals surface area contributed by atoms with Crippen molar-refractivity contribution in [1.82, 2.24) is 0 Å². The van der Waals surface area contributed by atoms with Crippen LogP contribution in [0.3, 0.4) is 0 Å². The molecule has 0 aromatic heterocycles. The molecule has 0 radical (unpaired) electrons. The standard InChI is InChI=1S/C72H140O17P2/c1-7-9-11-13-15-29-38-44-50-56-71(76)88-67(60-82-69(74)54-48-42-34-14-12-10-8-2)62-86-90(78,79)84-58-66(73)59-85-91(80,81)87-63-68(61-83-70(75)55-49-43-37-32-27-24-20-22-26-31-36-41-47-53-65(5)6)89-72(77)57-51-45-39-33-28-23-19-17-16-18-21-25-30-35-40-46-52-64(3)4/h64-68,73H,7-63H2,1-6H3,(H,78,79)(H,80,81)/t66-,67+,68+/m0/s1. The maximum absolute atomic E-state index is 13.1. The highest BCUT2D eigenvalue weighted by Gasteiger charge is 2.30. The van der Waals surface area contributed by atoms with Gasteiger partial charge in [0.2, 0.25) is 0 Å². The van der Waals surface area contributed by atoms with Crippen LogP contribution < -0.4 is 0 Å². The van der Waals surface area contributed by atoms with E-state index in [1.807, 2.05) is 0 Å². The summed E-state index contributed by atoms with van der Waals surface area (Å²) < 4.78 is 68.2. The lowest BCUT2D eigenvalue weighted by Crippen LogP contribution is -2.30. The maximum atomic E-state index is 13.1. The minimum Gasteiger partial charge on any atom is -0.462 e. The van der Waals surface area contributed by atoms with Gasteiger partial charge in [0.15, 0.2) is 12.2 Å². The summed E-state index contributed by atoms with van der Waals surface area (Å²) in [4.78, 5) is 72.4. The topological polar surface area (TPSA) is 237 Å². The van der Waals surface area contributed by atoms with Gasteiger partial charge in [-0.05, 0) is 37.5 Å². The van der Waals surface area contributed by atoms with Crippen LogP contribution in [-0.4, -0.2) is 96.7 Å². The number of phosphoric acid groups is 2. The molecule has 0 bridgehead atoms. The number of aliphatic hydroxyl groups is 1. The number of hydrogen-bond donors (Lipinski definition) is 3. The van der Waals surface area contributed by atoms with E-state index in [-0.39, 0.29) is 25.7 Å². The van der Waals surface area contributed by atoms with Crippen LogP contribution in [0.15, 0.2) is 0 Å². The third kappa shape index (κ3) is 66.5. The van der Waals surface area contributed by atoms with Crippen molar-refractivity contribution in [2.75, 3.05) is 39.6 Å². The Balaban J connectivity index is 5.17. The number of hydrogen-bond acceptors (Lipinski definition) is 15. The Bertz CT molecular complexity index is 1770. The van der Waals surface area contributed by atoms with Gasteiger partial charge in [-0.25, -0.2) is 9.13 Å². The second kappa shape index (κ2) is 64.1. The number of ether oxygens (including phenoxy) is 4. The van der Waals surface area contributed by atoms with Gasteiger partial charge in [-0.2, -0.15) is 0 Å². The molecule has 91 heavy (non-hydrogen) atoms. The number of carbonyl (C=O) groups is 4. The van der Waals surface area contributed by atoms with Crippen LogP contribution in [0.2, 0.25) is 0 Å². The maximum Gasteiger partial charge on any atom is 0.472 e. The molecule has 0 saturated carbocycles. The molecular weight excluding hydrogens is 1200 g/mol. The minimum atomic E-state index is -4.95. The molecule has 0 rings (SSSR count). The number of unbranched alkanes of at least 4 members (excludes halogenated alkanes) is 41. The Hall–Kier alpha value is -1.94. The van der Waals surface area contributed by atoms with Crippen molar-refractivity contribution < 1.29 is 80.2 Å². The van der Waals surface area contributed by atoms with Crippen LogP contribution in [0.25, 0.3) is 0 Å². The van der Waals surface area contributed by atoms with E-state index in [4.69, 9.17) is 37.0 Å². The zero-order valence-corrected chi connectivity index (χ0v) is 60.9. The van der Waals surface area contributed by atoms with E-state index in [1.54, 1.807) is 0 Å². The monoisotopic (exact) mass is 1340 g/mol. The molecule has 0 aliphatic rings. The first-order chi connectivity index (χ1) is 43.9. The number of esters is 4. The smallest absolute Gasteiger partial charge is 0.462 e. The van der Waals surface area contributed by atoms with Gasteiger partial charge in [-0.15, -0.1) is 0 Å². The van der Waals surface area contributed by atoms with Gasteiger partial charge in [0, 0.05) is 25.7 Å². The molecule has 0 spiro atoms. The summed E-state index contributed by atoms with van der Waals surface area (Å²) in [6.07, 6.45) is 50.1. The summed E-state index contributed by atoms with van der Waals surface area (Å²) in [6.45, 7) is 9.55. The van der Waals surface area contributed by atoms with Gasteiger partial charge in [0.05, 0.1) is 26.4 Å². The summed E-state index contributed by atoms with van der Waals surface area (Å²) in [7, 11) is -9.89. The minimum absolute atomic E-state index is 0.105. The van der Waals surface area contributed by atoms with E-state index < -0.39 is 97.5 Å². The lowest BCUT2D eigenvalue weighted by Gasteiger charge is -2.21. The highest BCUT2D eigenvalue weighted by Crippen LogP contribution is 2.45. The van der Waals surface area contributed by atoms with Crippen LogP contribution in [0.1, 0.15) is 369 Å². The number of carbonyl (C=O) groups excluding carboxylic acids is 4. The van der Waals surface area contributed by atoms with Crippen LogP contribution in [0.5, 0.6) is 0 Å². The molecule has 0 aliphatic carbocycles. The molecular formula is C72H140O17P2. The third-order valence-corrected chi connectivity index (χ3v) is 18.6. The first kappa shape index (κ1) is 89.1. The molecule has 5 atom stereocenters. The van der Waals surface area contributed by atoms with Crippen LogP contribution in [0.4, 0.5) is 0 Å². The summed E-state index contributed by atoms with van der Waals surface area (Å²) in [5.41, 5.74) is 0. The summed E-state index contributed by atoms with van der Waals surface area (Å²) in [6, 6.07) is 0. The fourth-order valence-corrected chi connectivity index (χ4v) is 12.5. The first-order valence-corrected chi connectivity index (χ1v) is 40.5. The quantitative estimate of drug-likeness (QED) is 0.0222. The van der Waals surface area contributed by atoms with E-state index in [9.17, 15) is 43.2 Å². The number of phosphoric ester groups is 2. The summed E-state index contributed by atoms with van der Waals surface area (Å²) >= 11 is 0. The Morgan fingerprint density at radius 3 is 0.747 bits per heavy atom. The van der Waals surface area contributed by atoms with E-state index in [1.165, 1.54) is 173 Å². The van der Waals surface area contributed by atoms with Gasteiger partial charge < -0.3 is 33.8 Å². The highest BCUT2D eigenvalue weighted by atomic mass is 31.2. The van der Waals surface area contributed by atoms with E-state index in [0.717, 1.165) is 115 Å². The normalized spacial score (nSPS) is 14.1. The lowest BCUT2D eigenvalue weighted by atomic mass is 10.0. The molecule has 3 N–H and O–H groups in total. The molecule has 0 saturated heterocycles. The van der Waals surface area contributed by atoms with Crippen molar-refractivity contribution in [2.24, 2.45) is 11.8 Å². The highest BCUT2D eigenvalue weighted by molar-refractivity contribution is 7.47. The zero-order valence-electron chi connectivity index (χ0n) is 59.1. The Kier molecular flexibility index (Phi) is 62.7. The molecule has 540 valence electrons. The SMILES string of the molecule is CCCCCCCCCCCC(=O)O[C@H](COC(=O)CCCCCCCCC)COP(=O)(O)OC[C@H](O)COP(=O)(O)OC[C@@H](COC(=O)CCCCCCCCCCCCCCCC(C)C)OC(=O)CCCCCCCCCCCCCCCCCCC(C)C. The fourth-order valence-electron chi connectivity index (χ4n) is 10.9. The third-order valence-electron chi connectivity index (χ3n) is 16.7. The van der Waals surface area contributed by atoms with Gasteiger partial charge in [-0.3, -0.25) is 37.3 Å². The van der Waals surface area contributed by atoms with Crippen molar-refractivity contribution >= 4 is 39.5 Å². The largest absolute Gasteiger partial charge is 0.472 e. The average Bonchev–Trinajstić information content (AvgIpc) is 3.32. The Morgan fingerprint density at radius 2 is 0.505 bits per heavy atom. The molecule has 19 heteroatoms. The van der Waals surface area contributed by atoms with E-state index in [2.05, 4.69) is 41.5 Å². The Morgan fingerprint density at radius 1 is 0.297 bits per heavy atom. The number of rotatable bonds is 71. The summed E-state index contributed by atoms with van der Waals surface area (Å²) in [5.74, 6) is -0.526. The van der Waals surface area contributed by atoms with Gasteiger partial charge >= 0.3 is 39.5 Å². The van der Waals surface area contributed by atoms with Crippen LogP contribution >= 0.6 is 15.6 Å². The van der Waals surface area contributed by atoms with Gasteiger partial charge in [0.1, 0.15) is 19.3 Å². The van der Waals surface area contributed by atoms with E-state index >= 15 is 0 Å². The van der Waals surface area contributed by atoms with Crippen molar-refractivity contribution in [1.29, 1.82) is 0 Å². The second-order valence-corrected chi connectivity index (χ2v) is 29.8. The molecule has 0 amide bonds. The van der Waals surface area contributed by atoms with Crippen molar-refractivity contribution in [2.45, 2.75) is 387 Å². The molecule has 0 heterocycles. The Labute approximate surface area is 556 Å². The average molecular weight is 1340 g/mol. The van der Waals surface area contributed by atoms with E-state index in [0.29, 0.717) is 25.7 Å². The van der Waals surface area contributed by atoms with Crippen molar-refractivity contribution in [3.63, 3.8) is 0 Å². The molecule has 0 aromatic rings. The molecule has 0 aliphatic heterocycles. The van der Waals surface area contributed by atoms with Crippen molar-refractivity contribution in [3.05, 3.63) is 0 Å². The van der Waals surface area contributed by atoms with Crippen LogP contribution in [-0.2, 0) is 65.4 Å². The zero-order chi connectivity index (χ0) is 67.2. The predicted molar refractivity (Wildman–Crippen MR) is 368 cm³/mol. The lowest BCUT2D eigenvalue weighted by molar-refractivity contribution is -0.161. The molecule has 17 nitrogen and oxygen atoms in total. The fraction of sp³-hybridized carbons (Fsp3) is 0.944. The van der Waals surface area contributed by atoms with Crippen LogP contribution in [0, 0.1) is 11.8 Å². The van der Waals surface area contributed by atoms with Gasteiger partial charge in [0.25, 0.3) is 0 Å². The summed E-state index contributed by atoms with van der Waals surface area (Å²) in [5, 5.41) is 10.6. The van der Waals surface area contributed by atoms with Crippen molar-refractivity contribution in [3.8, 4) is 0 Å². The van der Waals surface area contributed by atoms with Gasteiger partial charge in [-0.1, -0.05) is 318 Å². The first-order valence-electron chi connectivity index (χ1n) is 37.5. The second-order valence-electron chi connectivity index (χ2n) is 26.9. The molecule has 2 unspecified atom stereocenters. The number of aliphatic hydroxyl groups excluding tert-OH is 1. The predicted octanol–water partition coefficient (Wildman–Crippen LogP) is 20.8. The molecule has 0 aromatic carbocycles.